The summed E-state index contributed by atoms with van der Waals surface area (Å²) in [7, 11) is 3.37. The van der Waals surface area contributed by atoms with Crippen molar-refractivity contribution in [2.75, 3.05) is 14.2 Å². The fraction of sp³-hybridized carbons (Fsp3) is 0.286. The monoisotopic (exact) mass is 404 g/mol. The van der Waals surface area contributed by atoms with E-state index in [4.69, 9.17) is 9.47 Å². The summed E-state index contributed by atoms with van der Waals surface area (Å²) in [6.45, 7) is 2.05. The Morgan fingerprint density at radius 1 is 1.16 bits per heavy atom. The van der Waals surface area contributed by atoms with Gasteiger partial charge < -0.3 is 9.47 Å². The van der Waals surface area contributed by atoms with Crippen molar-refractivity contribution in [1.29, 1.82) is 0 Å². The Hall–Kier alpha value is -0.520. The van der Waals surface area contributed by atoms with Crippen LogP contribution in [0.25, 0.3) is 0 Å². The molecule has 19 heavy (non-hydrogen) atoms. The quantitative estimate of drug-likeness (QED) is 0.640. The third-order valence-electron chi connectivity index (χ3n) is 2.87. The number of benzene rings is 1. The van der Waals surface area contributed by atoms with E-state index in [-0.39, 0.29) is 4.83 Å². The molecule has 0 saturated carbocycles. The van der Waals surface area contributed by atoms with Crippen LogP contribution < -0.4 is 9.47 Å². The molecule has 1 aromatic heterocycles. The molecule has 0 radical (unpaired) electrons. The average Bonchev–Trinajstić information content (AvgIpc) is 2.89. The second kappa shape index (κ2) is 6.29. The Labute approximate surface area is 134 Å². The lowest BCUT2D eigenvalue weighted by atomic mass is 10.1. The number of thiophene rings is 1. The summed E-state index contributed by atoms with van der Waals surface area (Å²) < 4.78 is 11.8. The normalized spacial score (nSPS) is 12.3. The minimum atomic E-state index is 0.0910. The average molecular weight is 406 g/mol. The molecular formula is C14H14Br2O2S. The van der Waals surface area contributed by atoms with E-state index in [1.54, 1.807) is 25.6 Å². The number of hydrogen-bond donors (Lipinski definition) is 0. The standard InChI is InChI=1S/C14H14Br2O2S/c1-8-4-12(18-3)10(6-11(8)15)14(16)13-5-9(17-2)7-19-13/h4-7,14H,1-3H3. The maximum atomic E-state index is 5.48. The van der Waals surface area contributed by atoms with E-state index < -0.39 is 0 Å². The first-order valence-electron chi connectivity index (χ1n) is 5.67. The molecule has 0 aliphatic heterocycles. The van der Waals surface area contributed by atoms with Gasteiger partial charge in [-0.05, 0) is 30.7 Å². The zero-order valence-corrected chi connectivity index (χ0v) is 14.9. The fourth-order valence-corrected chi connectivity index (χ4v) is 3.79. The van der Waals surface area contributed by atoms with E-state index in [9.17, 15) is 0 Å². The van der Waals surface area contributed by atoms with E-state index in [0.717, 1.165) is 27.1 Å². The maximum absolute atomic E-state index is 5.48. The van der Waals surface area contributed by atoms with Crippen LogP contribution >= 0.6 is 43.2 Å². The van der Waals surface area contributed by atoms with E-state index in [1.165, 1.54) is 4.88 Å². The van der Waals surface area contributed by atoms with Gasteiger partial charge in [0.2, 0.25) is 0 Å². The minimum absolute atomic E-state index is 0.0910. The van der Waals surface area contributed by atoms with Crippen molar-refractivity contribution in [3.05, 3.63) is 44.1 Å². The highest BCUT2D eigenvalue weighted by Crippen LogP contribution is 2.42. The topological polar surface area (TPSA) is 18.5 Å². The molecule has 102 valence electrons. The van der Waals surface area contributed by atoms with Gasteiger partial charge in [0, 0.05) is 20.3 Å². The van der Waals surface area contributed by atoms with Crippen LogP contribution in [0.15, 0.2) is 28.1 Å². The molecule has 0 aliphatic carbocycles. The molecule has 2 aromatic rings. The predicted molar refractivity (Wildman–Crippen MR) is 87.1 cm³/mol. The highest BCUT2D eigenvalue weighted by molar-refractivity contribution is 9.10. The first-order chi connectivity index (χ1) is 9.06. The molecular weight excluding hydrogens is 392 g/mol. The van der Waals surface area contributed by atoms with Crippen molar-refractivity contribution in [3.63, 3.8) is 0 Å². The van der Waals surface area contributed by atoms with Gasteiger partial charge in [0.05, 0.1) is 19.0 Å². The van der Waals surface area contributed by atoms with Gasteiger partial charge in [-0.1, -0.05) is 31.9 Å². The lowest BCUT2D eigenvalue weighted by molar-refractivity contribution is 0.410. The number of methoxy groups -OCH3 is 2. The second-order valence-electron chi connectivity index (χ2n) is 4.09. The lowest BCUT2D eigenvalue weighted by Gasteiger charge is -2.15. The van der Waals surface area contributed by atoms with Gasteiger partial charge in [0.15, 0.2) is 0 Å². The third kappa shape index (κ3) is 3.15. The van der Waals surface area contributed by atoms with Crippen LogP contribution in [-0.2, 0) is 0 Å². The summed E-state index contributed by atoms with van der Waals surface area (Å²) in [5, 5.41) is 2.00. The lowest BCUT2D eigenvalue weighted by Crippen LogP contribution is -1.97. The number of rotatable bonds is 4. The molecule has 0 fully saturated rings. The Morgan fingerprint density at radius 2 is 1.89 bits per heavy atom. The summed E-state index contributed by atoms with van der Waals surface area (Å²) in [5.41, 5.74) is 2.26. The number of aryl methyl sites for hydroxylation is 1. The first-order valence-corrected chi connectivity index (χ1v) is 8.26. The third-order valence-corrected chi connectivity index (χ3v) is 5.98. The highest BCUT2D eigenvalue weighted by Gasteiger charge is 2.18. The van der Waals surface area contributed by atoms with Gasteiger partial charge in [-0.25, -0.2) is 0 Å². The van der Waals surface area contributed by atoms with E-state index in [2.05, 4.69) is 37.9 Å². The van der Waals surface area contributed by atoms with E-state index >= 15 is 0 Å². The molecule has 5 heteroatoms. The van der Waals surface area contributed by atoms with Crippen molar-refractivity contribution in [2.45, 2.75) is 11.8 Å². The smallest absolute Gasteiger partial charge is 0.129 e. The Bertz CT molecular complexity index is 581. The molecule has 0 bridgehead atoms. The summed E-state index contributed by atoms with van der Waals surface area (Å²) in [6.07, 6.45) is 0. The van der Waals surface area contributed by atoms with Crippen LogP contribution in [0.5, 0.6) is 11.5 Å². The summed E-state index contributed by atoms with van der Waals surface area (Å²) >= 11 is 8.98. The molecule has 1 unspecified atom stereocenters. The van der Waals surface area contributed by atoms with Crippen molar-refractivity contribution < 1.29 is 9.47 Å². The molecule has 1 aromatic carbocycles. The molecule has 0 amide bonds. The molecule has 0 N–H and O–H groups in total. The van der Waals surface area contributed by atoms with Crippen LogP contribution in [0.4, 0.5) is 0 Å². The van der Waals surface area contributed by atoms with Crippen LogP contribution in [0.2, 0.25) is 0 Å². The van der Waals surface area contributed by atoms with Crippen molar-refractivity contribution in [3.8, 4) is 11.5 Å². The van der Waals surface area contributed by atoms with Crippen LogP contribution in [-0.4, -0.2) is 14.2 Å². The molecule has 1 heterocycles. The minimum Gasteiger partial charge on any atom is -0.496 e. The maximum Gasteiger partial charge on any atom is 0.129 e. The van der Waals surface area contributed by atoms with Crippen LogP contribution in [0.3, 0.4) is 0 Å². The summed E-state index contributed by atoms with van der Waals surface area (Å²) in [4.78, 5) is 1.28. The number of ether oxygens (including phenoxy) is 2. The fourth-order valence-electron chi connectivity index (χ4n) is 1.77. The molecule has 0 saturated heterocycles. The van der Waals surface area contributed by atoms with Gasteiger partial charge in [0.1, 0.15) is 11.5 Å². The van der Waals surface area contributed by atoms with Gasteiger partial charge in [-0.3, -0.25) is 0 Å². The van der Waals surface area contributed by atoms with E-state index in [0.29, 0.717) is 0 Å². The van der Waals surface area contributed by atoms with E-state index in [1.807, 2.05) is 24.4 Å². The molecule has 2 rings (SSSR count). The number of alkyl halides is 1. The number of halogens is 2. The van der Waals surface area contributed by atoms with Gasteiger partial charge in [-0.15, -0.1) is 11.3 Å². The molecule has 1 atom stereocenters. The highest BCUT2D eigenvalue weighted by atomic mass is 79.9. The zero-order valence-electron chi connectivity index (χ0n) is 10.9. The second-order valence-corrected chi connectivity index (χ2v) is 6.81. The van der Waals surface area contributed by atoms with Crippen LogP contribution in [0.1, 0.15) is 20.8 Å². The predicted octanol–water partition coefficient (Wildman–Crippen LogP) is 5.32. The molecule has 0 spiro atoms. The molecule has 0 aliphatic rings. The summed E-state index contributed by atoms with van der Waals surface area (Å²) in [6, 6.07) is 6.18. The van der Waals surface area contributed by atoms with Crippen LogP contribution in [0, 0.1) is 6.92 Å². The van der Waals surface area contributed by atoms with Crippen molar-refractivity contribution >= 4 is 43.2 Å². The zero-order chi connectivity index (χ0) is 14.0. The summed E-state index contributed by atoms with van der Waals surface area (Å²) in [5.74, 6) is 1.77. The van der Waals surface area contributed by atoms with Crippen molar-refractivity contribution in [2.24, 2.45) is 0 Å². The molecule has 2 nitrogen and oxygen atoms in total. The van der Waals surface area contributed by atoms with Gasteiger partial charge >= 0.3 is 0 Å². The SMILES string of the molecule is COc1csc(C(Br)c2cc(Br)c(C)cc2OC)c1. The van der Waals surface area contributed by atoms with Gasteiger partial charge in [-0.2, -0.15) is 0 Å². The Morgan fingerprint density at radius 3 is 2.47 bits per heavy atom. The Kier molecular flexibility index (Phi) is 4.92. The Balaban J connectivity index is 2.42. The van der Waals surface area contributed by atoms with Gasteiger partial charge in [0.25, 0.3) is 0 Å². The first kappa shape index (κ1) is 14.9. The van der Waals surface area contributed by atoms with Crippen molar-refractivity contribution in [1.82, 2.24) is 0 Å². The number of hydrogen-bond acceptors (Lipinski definition) is 3. The largest absolute Gasteiger partial charge is 0.496 e.